The van der Waals surface area contributed by atoms with Crippen LogP contribution >= 0.6 is 11.3 Å². The van der Waals surface area contributed by atoms with Gasteiger partial charge in [-0.15, -0.1) is 0 Å². The Morgan fingerprint density at radius 1 is 1.15 bits per heavy atom. The Morgan fingerprint density at radius 3 is 2.63 bits per heavy atom. The summed E-state index contributed by atoms with van der Waals surface area (Å²) in [5.74, 6) is 0.124. The molecule has 27 heavy (non-hydrogen) atoms. The number of carbonyl (C=O) groups excluding carboxylic acids is 2. The second-order valence-corrected chi connectivity index (χ2v) is 6.72. The number of benzene rings is 2. The van der Waals surface area contributed by atoms with E-state index in [-0.39, 0.29) is 18.3 Å². The van der Waals surface area contributed by atoms with Gasteiger partial charge in [0.1, 0.15) is 5.75 Å². The van der Waals surface area contributed by atoms with Crippen molar-refractivity contribution in [3.8, 4) is 5.75 Å². The molecule has 0 saturated carbocycles. The maximum absolute atomic E-state index is 12.5. The number of methoxy groups -OCH3 is 1. The molecule has 1 amide bonds. The number of nitrogens with zero attached hydrogens (tertiary/aromatic N) is 2. The van der Waals surface area contributed by atoms with Crippen molar-refractivity contribution >= 4 is 33.4 Å². The van der Waals surface area contributed by atoms with Gasteiger partial charge >= 0.3 is 5.97 Å². The third-order valence-corrected chi connectivity index (χ3v) is 4.99. The highest BCUT2D eigenvalue weighted by atomic mass is 32.1. The van der Waals surface area contributed by atoms with Crippen molar-refractivity contribution < 1.29 is 19.1 Å². The van der Waals surface area contributed by atoms with Crippen molar-refractivity contribution in [1.29, 1.82) is 0 Å². The number of aromatic nitrogens is 1. The van der Waals surface area contributed by atoms with E-state index in [1.54, 1.807) is 38.3 Å². The number of hydrogen-bond acceptors (Lipinski definition) is 5. The molecular formula is C20H20N2O4S. The van der Waals surface area contributed by atoms with E-state index in [1.165, 1.54) is 11.3 Å². The zero-order valence-corrected chi connectivity index (χ0v) is 16.0. The molecular weight excluding hydrogens is 364 g/mol. The van der Waals surface area contributed by atoms with E-state index in [2.05, 4.69) is 4.99 Å². The molecule has 1 heterocycles. The van der Waals surface area contributed by atoms with Crippen LogP contribution < -0.4 is 9.54 Å². The molecule has 0 radical (unpaired) electrons. The van der Waals surface area contributed by atoms with Crippen LogP contribution in [-0.4, -0.2) is 30.2 Å². The molecule has 0 N–H and O–H groups in total. The Balaban J connectivity index is 2.03. The van der Waals surface area contributed by atoms with E-state index in [1.807, 2.05) is 28.8 Å². The first-order chi connectivity index (χ1) is 13.1. The summed E-state index contributed by atoms with van der Waals surface area (Å²) in [6.07, 6.45) is 0.207. The number of carbonyl (C=O) groups is 2. The lowest BCUT2D eigenvalue weighted by molar-refractivity contribution is -0.143. The lowest BCUT2D eigenvalue weighted by Crippen LogP contribution is -2.19. The van der Waals surface area contributed by atoms with Crippen LogP contribution in [0.1, 0.15) is 23.7 Å². The van der Waals surface area contributed by atoms with Gasteiger partial charge in [0, 0.05) is 12.1 Å². The molecule has 0 saturated heterocycles. The Bertz CT molecular complexity index is 1020. The fourth-order valence-electron chi connectivity index (χ4n) is 2.65. The summed E-state index contributed by atoms with van der Waals surface area (Å²) in [6.45, 7) is 2.50. The summed E-state index contributed by atoms with van der Waals surface area (Å²) in [5.41, 5.74) is 1.41. The van der Waals surface area contributed by atoms with Crippen molar-refractivity contribution in [1.82, 2.24) is 4.57 Å². The molecule has 2 aromatic carbocycles. The normalized spacial score (nSPS) is 11.6. The SMILES string of the molecule is CCOC(=O)CCn1c(=NC(=O)c2ccccc2)sc2cc(OC)ccc21. The minimum atomic E-state index is -0.320. The highest BCUT2D eigenvalue weighted by molar-refractivity contribution is 7.16. The van der Waals surface area contributed by atoms with Crippen molar-refractivity contribution in [2.24, 2.45) is 4.99 Å². The molecule has 0 aliphatic rings. The lowest BCUT2D eigenvalue weighted by Gasteiger charge is -2.06. The maximum Gasteiger partial charge on any atom is 0.307 e. The van der Waals surface area contributed by atoms with E-state index < -0.39 is 0 Å². The van der Waals surface area contributed by atoms with Gasteiger partial charge in [-0.2, -0.15) is 4.99 Å². The molecule has 0 aliphatic carbocycles. The number of fused-ring (bicyclic) bond motifs is 1. The van der Waals surface area contributed by atoms with Crippen LogP contribution in [0.4, 0.5) is 0 Å². The Kier molecular flexibility index (Phi) is 6.03. The highest BCUT2D eigenvalue weighted by Crippen LogP contribution is 2.23. The van der Waals surface area contributed by atoms with Crippen LogP contribution in [0.25, 0.3) is 10.2 Å². The second-order valence-electron chi connectivity index (χ2n) is 5.71. The predicted molar refractivity (Wildman–Crippen MR) is 104 cm³/mol. The smallest absolute Gasteiger partial charge is 0.307 e. The number of amides is 1. The van der Waals surface area contributed by atoms with Crippen LogP contribution in [0, 0.1) is 0 Å². The number of ether oxygens (including phenoxy) is 2. The van der Waals surface area contributed by atoms with Crippen LogP contribution in [0.3, 0.4) is 0 Å². The first-order valence-electron chi connectivity index (χ1n) is 8.59. The fourth-order valence-corrected chi connectivity index (χ4v) is 3.73. The molecule has 0 fully saturated rings. The van der Waals surface area contributed by atoms with Gasteiger partial charge in [0.05, 0.1) is 30.4 Å². The average Bonchev–Trinajstić information content (AvgIpc) is 3.03. The zero-order valence-electron chi connectivity index (χ0n) is 15.2. The van der Waals surface area contributed by atoms with Crippen molar-refractivity contribution in [2.75, 3.05) is 13.7 Å². The van der Waals surface area contributed by atoms with Gasteiger partial charge in [0.25, 0.3) is 5.91 Å². The first-order valence-corrected chi connectivity index (χ1v) is 9.41. The molecule has 3 rings (SSSR count). The predicted octanol–water partition coefficient (Wildman–Crippen LogP) is 3.41. The van der Waals surface area contributed by atoms with Gasteiger partial charge in [0.2, 0.25) is 0 Å². The summed E-state index contributed by atoms with van der Waals surface area (Å²) >= 11 is 1.38. The Morgan fingerprint density at radius 2 is 1.93 bits per heavy atom. The van der Waals surface area contributed by atoms with E-state index >= 15 is 0 Å². The number of hydrogen-bond donors (Lipinski definition) is 0. The minimum absolute atomic E-state index is 0.207. The summed E-state index contributed by atoms with van der Waals surface area (Å²) in [4.78, 5) is 29.1. The summed E-state index contributed by atoms with van der Waals surface area (Å²) in [7, 11) is 1.60. The van der Waals surface area contributed by atoms with E-state index in [4.69, 9.17) is 9.47 Å². The standard InChI is InChI=1S/C20H20N2O4S/c1-3-26-18(23)11-12-22-16-10-9-15(25-2)13-17(16)27-20(22)21-19(24)14-7-5-4-6-8-14/h4-10,13H,3,11-12H2,1-2H3. The maximum atomic E-state index is 12.5. The first kappa shape index (κ1) is 18.8. The Labute approximate surface area is 160 Å². The molecule has 1 aromatic heterocycles. The van der Waals surface area contributed by atoms with Crippen LogP contribution in [0.5, 0.6) is 5.75 Å². The van der Waals surface area contributed by atoms with Gasteiger partial charge in [-0.05, 0) is 37.3 Å². The zero-order chi connectivity index (χ0) is 19.2. The molecule has 6 nitrogen and oxygen atoms in total. The topological polar surface area (TPSA) is 69.9 Å². The van der Waals surface area contributed by atoms with Crippen molar-refractivity contribution in [2.45, 2.75) is 19.9 Å². The van der Waals surface area contributed by atoms with Gasteiger partial charge in [-0.3, -0.25) is 9.59 Å². The highest BCUT2D eigenvalue weighted by Gasteiger charge is 2.12. The Hall–Kier alpha value is -2.93. The van der Waals surface area contributed by atoms with E-state index in [0.29, 0.717) is 23.5 Å². The number of thiazole rings is 1. The largest absolute Gasteiger partial charge is 0.497 e. The molecule has 0 spiro atoms. The van der Waals surface area contributed by atoms with E-state index in [0.717, 1.165) is 16.0 Å². The van der Waals surface area contributed by atoms with Crippen LogP contribution in [0.15, 0.2) is 53.5 Å². The summed E-state index contributed by atoms with van der Waals surface area (Å²) in [6, 6.07) is 14.5. The van der Waals surface area contributed by atoms with Crippen LogP contribution in [0.2, 0.25) is 0 Å². The van der Waals surface area contributed by atoms with E-state index in [9.17, 15) is 9.59 Å². The number of esters is 1. The molecule has 0 atom stereocenters. The fraction of sp³-hybridized carbons (Fsp3) is 0.250. The average molecular weight is 384 g/mol. The molecule has 0 unspecified atom stereocenters. The summed E-state index contributed by atoms with van der Waals surface area (Å²) in [5, 5.41) is 0. The molecule has 140 valence electrons. The van der Waals surface area contributed by atoms with Crippen molar-refractivity contribution in [3.05, 3.63) is 58.9 Å². The van der Waals surface area contributed by atoms with Crippen LogP contribution in [-0.2, 0) is 16.1 Å². The van der Waals surface area contributed by atoms with Gasteiger partial charge < -0.3 is 14.0 Å². The van der Waals surface area contributed by atoms with Gasteiger partial charge in [-0.1, -0.05) is 29.5 Å². The third-order valence-electron chi connectivity index (χ3n) is 3.95. The molecule has 0 aliphatic heterocycles. The number of aryl methyl sites for hydroxylation is 1. The third kappa shape index (κ3) is 4.43. The molecule has 3 aromatic rings. The second kappa shape index (κ2) is 8.64. The summed E-state index contributed by atoms with van der Waals surface area (Å²) < 4.78 is 13.1. The monoisotopic (exact) mass is 384 g/mol. The molecule has 7 heteroatoms. The van der Waals surface area contributed by atoms with Crippen molar-refractivity contribution in [3.63, 3.8) is 0 Å². The quantitative estimate of drug-likeness (QED) is 0.611. The van der Waals surface area contributed by atoms with Gasteiger partial charge in [-0.25, -0.2) is 0 Å². The van der Waals surface area contributed by atoms with Gasteiger partial charge in [0.15, 0.2) is 4.80 Å². The number of rotatable bonds is 6. The lowest BCUT2D eigenvalue weighted by atomic mass is 10.2. The molecule has 0 bridgehead atoms. The minimum Gasteiger partial charge on any atom is -0.497 e.